The van der Waals surface area contributed by atoms with Crippen LogP contribution in [0.15, 0.2) is 18.2 Å². The van der Waals surface area contributed by atoms with Crippen LogP contribution in [0.3, 0.4) is 0 Å². The molecule has 0 spiro atoms. The van der Waals surface area contributed by atoms with Gasteiger partial charge in [-0.1, -0.05) is 6.92 Å². The number of phenolic OH excluding ortho intramolecular Hbond substituents is 1. The Morgan fingerprint density at radius 1 is 1.47 bits per heavy atom. The number of ether oxygens (including phenoxy) is 1. The molecule has 3 nitrogen and oxygen atoms in total. The topological polar surface area (TPSA) is 32.7 Å². The van der Waals surface area contributed by atoms with Crippen molar-refractivity contribution in [2.75, 3.05) is 19.7 Å². The minimum absolute atomic E-state index is 0.0136. The highest BCUT2D eigenvalue weighted by Gasteiger charge is 2.19. The summed E-state index contributed by atoms with van der Waals surface area (Å²) in [5.41, 5.74) is 0.805. The molecule has 0 aromatic heterocycles. The smallest absolute Gasteiger partial charge is 0.127 e. The molecule has 1 aliphatic rings. The molecule has 0 aliphatic carbocycles. The zero-order valence-corrected chi connectivity index (χ0v) is 10.0. The summed E-state index contributed by atoms with van der Waals surface area (Å²) in [6, 6.07) is 4.20. The maximum Gasteiger partial charge on any atom is 0.127 e. The summed E-state index contributed by atoms with van der Waals surface area (Å²) in [4.78, 5) is 2.23. The largest absolute Gasteiger partial charge is 0.508 e. The van der Waals surface area contributed by atoms with Gasteiger partial charge in [0, 0.05) is 25.7 Å². The molecule has 0 bridgehead atoms. The summed E-state index contributed by atoms with van der Waals surface area (Å²) >= 11 is 0. The van der Waals surface area contributed by atoms with Gasteiger partial charge in [-0.25, -0.2) is 4.39 Å². The van der Waals surface area contributed by atoms with Crippen molar-refractivity contribution in [3.63, 3.8) is 0 Å². The molecular formula is C13H18FNO2. The molecule has 0 saturated carbocycles. The molecule has 4 heteroatoms. The molecule has 1 unspecified atom stereocenters. The van der Waals surface area contributed by atoms with Crippen molar-refractivity contribution in [1.29, 1.82) is 0 Å². The minimum Gasteiger partial charge on any atom is -0.508 e. The van der Waals surface area contributed by atoms with Crippen LogP contribution >= 0.6 is 0 Å². The zero-order chi connectivity index (χ0) is 12.3. The van der Waals surface area contributed by atoms with Crippen molar-refractivity contribution in [1.82, 2.24) is 4.90 Å². The maximum absolute atomic E-state index is 13.1. The molecule has 2 rings (SSSR count). The highest BCUT2D eigenvalue weighted by Crippen LogP contribution is 2.18. The minimum atomic E-state index is -0.389. The number of hydrogen-bond donors (Lipinski definition) is 1. The lowest BCUT2D eigenvalue weighted by molar-refractivity contribution is -0.0324. The van der Waals surface area contributed by atoms with Gasteiger partial charge < -0.3 is 9.84 Å². The van der Waals surface area contributed by atoms with Gasteiger partial charge in [0.05, 0.1) is 12.7 Å². The molecule has 1 saturated heterocycles. The van der Waals surface area contributed by atoms with Gasteiger partial charge in [-0.2, -0.15) is 0 Å². The van der Waals surface area contributed by atoms with Gasteiger partial charge in [0.25, 0.3) is 0 Å². The van der Waals surface area contributed by atoms with Crippen molar-refractivity contribution in [3.05, 3.63) is 29.6 Å². The first-order chi connectivity index (χ1) is 8.17. The van der Waals surface area contributed by atoms with Gasteiger partial charge in [0.2, 0.25) is 0 Å². The fourth-order valence-corrected chi connectivity index (χ4v) is 2.15. The first-order valence-corrected chi connectivity index (χ1v) is 5.99. The van der Waals surface area contributed by atoms with Crippen LogP contribution in [-0.4, -0.2) is 35.8 Å². The number of hydrogen-bond acceptors (Lipinski definition) is 3. The van der Waals surface area contributed by atoms with Gasteiger partial charge in [0.15, 0.2) is 0 Å². The number of phenols is 1. The highest BCUT2D eigenvalue weighted by molar-refractivity contribution is 5.28. The summed E-state index contributed by atoms with van der Waals surface area (Å²) in [6.07, 6.45) is 1.26. The lowest BCUT2D eigenvalue weighted by Crippen LogP contribution is -2.41. The van der Waals surface area contributed by atoms with Crippen LogP contribution in [0.2, 0.25) is 0 Å². The predicted molar refractivity (Wildman–Crippen MR) is 63.4 cm³/mol. The molecule has 1 aromatic carbocycles. The second kappa shape index (κ2) is 5.47. The Kier molecular flexibility index (Phi) is 3.97. The van der Waals surface area contributed by atoms with E-state index in [2.05, 4.69) is 11.8 Å². The van der Waals surface area contributed by atoms with E-state index in [-0.39, 0.29) is 17.7 Å². The van der Waals surface area contributed by atoms with Gasteiger partial charge in [-0.15, -0.1) is 0 Å². The first-order valence-electron chi connectivity index (χ1n) is 5.99. The quantitative estimate of drug-likeness (QED) is 0.877. The monoisotopic (exact) mass is 239 g/mol. The van der Waals surface area contributed by atoms with Crippen molar-refractivity contribution in [3.8, 4) is 5.75 Å². The Morgan fingerprint density at radius 3 is 3.00 bits per heavy atom. The molecule has 1 heterocycles. The second-order valence-electron chi connectivity index (χ2n) is 4.45. The van der Waals surface area contributed by atoms with E-state index < -0.39 is 0 Å². The van der Waals surface area contributed by atoms with E-state index in [4.69, 9.17) is 4.74 Å². The molecule has 1 aliphatic heterocycles. The molecule has 1 atom stereocenters. The Bertz CT molecular complexity index is 363. The SMILES string of the molecule is CCC1CN(Cc2cc(O)cc(F)c2)CCO1. The van der Waals surface area contributed by atoms with E-state index in [0.29, 0.717) is 6.54 Å². The molecule has 1 fully saturated rings. The van der Waals surface area contributed by atoms with Crippen LogP contribution in [0.5, 0.6) is 5.75 Å². The third-order valence-electron chi connectivity index (χ3n) is 3.03. The van der Waals surface area contributed by atoms with Crippen LogP contribution in [0.4, 0.5) is 4.39 Å². The molecular weight excluding hydrogens is 221 g/mol. The number of morpholine rings is 1. The molecule has 0 amide bonds. The lowest BCUT2D eigenvalue weighted by Gasteiger charge is -2.32. The van der Waals surface area contributed by atoms with Gasteiger partial charge >= 0.3 is 0 Å². The van der Waals surface area contributed by atoms with Crippen LogP contribution in [0.25, 0.3) is 0 Å². The normalized spacial score (nSPS) is 21.6. The standard InChI is InChI=1S/C13H18FNO2/c1-2-13-9-15(3-4-17-13)8-10-5-11(14)7-12(16)6-10/h5-7,13,16H,2-4,8-9H2,1H3. The van der Waals surface area contributed by atoms with Crippen LogP contribution in [0, 0.1) is 5.82 Å². The summed E-state index contributed by atoms with van der Waals surface area (Å²) in [7, 11) is 0. The van der Waals surface area contributed by atoms with E-state index in [1.807, 2.05) is 0 Å². The Labute approximate surface area is 101 Å². The van der Waals surface area contributed by atoms with E-state index in [1.54, 1.807) is 6.07 Å². The van der Waals surface area contributed by atoms with Crippen LogP contribution in [-0.2, 0) is 11.3 Å². The molecule has 17 heavy (non-hydrogen) atoms. The fraction of sp³-hybridized carbons (Fsp3) is 0.538. The van der Waals surface area contributed by atoms with Gasteiger partial charge in [-0.05, 0) is 24.1 Å². The summed E-state index contributed by atoms with van der Waals surface area (Å²) in [5.74, 6) is -0.402. The highest BCUT2D eigenvalue weighted by atomic mass is 19.1. The molecule has 1 N–H and O–H groups in total. The van der Waals surface area contributed by atoms with Crippen LogP contribution in [0.1, 0.15) is 18.9 Å². The van der Waals surface area contributed by atoms with Crippen LogP contribution < -0.4 is 0 Å². The van der Waals surface area contributed by atoms with Crippen molar-refractivity contribution in [2.45, 2.75) is 26.0 Å². The third-order valence-corrected chi connectivity index (χ3v) is 3.03. The Balaban J connectivity index is 2.00. The third kappa shape index (κ3) is 3.41. The maximum atomic E-state index is 13.1. The van der Waals surface area contributed by atoms with E-state index in [1.165, 1.54) is 6.07 Å². The predicted octanol–water partition coefficient (Wildman–Crippen LogP) is 2.14. The molecule has 94 valence electrons. The van der Waals surface area contributed by atoms with Gasteiger partial charge in [-0.3, -0.25) is 4.90 Å². The Morgan fingerprint density at radius 2 is 2.29 bits per heavy atom. The first kappa shape index (κ1) is 12.3. The molecule has 1 aromatic rings. The Hall–Kier alpha value is -1.13. The average Bonchev–Trinajstić information content (AvgIpc) is 2.28. The zero-order valence-electron chi connectivity index (χ0n) is 10.0. The summed E-state index contributed by atoms with van der Waals surface area (Å²) < 4.78 is 18.7. The fourth-order valence-electron chi connectivity index (χ4n) is 2.15. The van der Waals surface area contributed by atoms with E-state index in [9.17, 15) is 9.50 Å². The van der Waals surface area contributed by atoms with Crippen molar-refractivity contribution >= 4 is 0 Å². The second-order valence-corrected chi connectivity index (χ2v) is 4.45. The van der Waals surface area contributed by atoms with E-state index in [0.717, 1.165) is 37.7 Å². The number of halogens is 1. The summed E-state index contributed by atoms with van der Waals surface area (Å²) in [5, 5.41) is 9.34. The number of nitrogens with zero attached hydrogens (tertiary/aromatic N) is 1. The summed E-state index contributed by atoms with van der Waals surface area (Å²) in [6.45, 7) is 5.20. The number of rotatable bonds is 3. The average molecular weight is 239 g/mol. The number of benzene rings is 1. The van der Waals surface area contributed by atoms with Crippen molar-refractivity contribution < 1.29 is 14.2 Å². The van der Waals surface area contributed by atoms with Gasteiger partial charge in [0.1, 0.15) is 11.6 Å². The number of aromatic hydroxyl groups is 1. The van der Waals surface area contributed by atoms with Crippen molar-refractivity contribution in [2.24, 2.45) is 0 Å². The molecule has 0 radical (unpaired) electrons. The van der Waals surface area contributed by atoms with E-state index >= 15 is 0 Å². The lowest BCUT2D eigenvalue weighted by atomic mass is 10.1.